The van der Waals surface area contributed by atoms with Gasteiger partial charge in [0.2, 0.25) is 0 Å². The van der Waals surface area contributed by atoms with Crippen LogP contribution in [0, 0.1) is 5.92 Å². The number of aromatic nitrogens is 1. The second-order valence-electron chi connectivity index (χ2n) is 9.92. The standard InChI is InChI=1S/C33H33N3O5/c1-39-33(38)27-10-6-12-30(20-27)41-23-25-15-17-36(18-16-25)31-14-13-28(21-34-31)35-32(37)26-9-5-11-29(19-26)40-22-24-7-3-2-4-8-24/h2-14,19-21,25H,15-18,22-23H2,1H3,(H,35,37). The van der Waals surface area contributed by atoms with Gasteiger partial charge in [-0.3, -0.25) is 4.79 Å². The predicted molar refractivity (Wildman–Crippen MR) is 158 cm³/mol. The van der Waals surface area contributed by atoms with E-state index in [1.54, 1.807) is 36.5 Å². The quantitative estimate of drug-likeness (QED) is 0.242. The third kappa shape index (κ3) is 7.63. The zero-order valence-corrected chi connectivity index (χ0v) is 23.0. The van der Waals surface area contributed by atoms with Crippen LogP contribution in [0.2, 0.25) is 0 Å². The number of amides is 1. The van der Waals surface area contributed by atoms with Crippen molar-refractivity contribution in [1.29, 1.82) is 0 Å². The lowest BCUT2D eigenvalue weighted by atomic mass is 9.98. The van der Waals surface area contributed by atoms with Crippen LogP contribution in [0.4, 0.5) is 11.5 Å². The Hall–Kier alpha value is -4.85. The number of anilines is 2. The van der Waals surface area contributed by atoms with Crippen LogP contribution in [0.5, 0.6) is 11.5 Å². The summed E-state index contributed by atoms with van der Waals surface area (Å²) in [6.07, 6.45) is 3.63. The monoisotopic (exact) mass is 551 g/mol. The number of methoxy groups -OCH3 is 1. The smallest absolute Gasteiger partial charge is 0.337 e. The zero-order valence-electron chi connectivity index (χ0n) is 23.0. The van der Waals surface area contributed by atoms with Crippen molar-refractivity contribution in [3.8, 4) is 11.5 Å². The van der Waals surface area contributed by atoms with Crippen LogP contribution in [0.25, 0.3) is 0 Å². The molecule has 1 saturated heterocycles. The van der Waals surface area contributed by atoms with Crippen LogP contribution < -0.4 is 19.7 Å². The minimum absolute atomic E-state index is 0.220. The molecule has 3 aromatic carbocycles. The van der Waals surface area contributed by atoms with Gasteiger partial charge in [-0.05, 0) is 72.9 Å². The molecular weight excluding hydrogens is 518 g/mol. The molecule has 0 saturated carbocycles. The summed E-state index contributed by atoms with van der Waals surface area (Å²) in [5.41, 5.74) is 2.69. The molecule has 5 rings (SSSR count). The Morgan fingerprint density at radius 3 is 2.27 bits per heavy atom. The molecule has 2 heterocycles. The van der Waals surface area contributed by atoms with Gasteiger partial charge in [0.25, 0.3) is 5.91 Å². The molecular formula is C33H33N3O5. The third-order valence-corrected chi connectivity index (χ3v) is 7.03. The molecule has 0 radical (unpaired) electrons. The fourth-order valence-electron chi connectivity index (χ4n) is 4.69. The van der Waals surface area contributed by atoms with Crippen LogP contribution >= 0.6 is 0 Å². The van der Waals surface area contributed by atoms with Crippen molar-refractivity contribution in [2.75, 3.05) is 37.0 Å². The minimum atomic E-state index is -0.375. The summed E-state index contributed by atoms with van der Waals surface area (Å²) in [4.78, 5) is 31.4. The van der Waals surface area contributed by atoms with Gasteiger partial charge in [-0.15, -0.1) is 0 Å². The second-order valence-corrected chi connectivity index (χ2v) is 9.92. The molecule has 0 atom stereocenters. The SMILES string of the molecule is COC(=O)c1cccc(OCC2CCN(c3ccc(NC(=O)c4cccc(OCc5ccccc5)c4)cn3)CC2)c1. The lowest BCUT2D eigenvalue weighted by molar-refractivity contribution is 0.0600. The summed E-state index contributed by atoms with van der Waals surface area (Å²) in [5.74, 6) is 2.01. The van der Waals surface area contributed by atoms with Crippen molar-refractivity contribution in [2.45, 2.75) is 19.4 Å². The fraction of sp³-hybridized carbons (Fsp3) is 0.242. The van der Waals surface area contributed by atoms with Crippen molar-refractivity contribution in [2.24, 2.45) is 5.92 Å². The molecule has 1 aliphatic rings. The predicted octanol–water partition coefficient (Wildman–Crippen LogP) is 5.99. The largest absolute Gasteiger partial charge is 0.493 e. The van der Waals surface area contributed by atoms with Crippen molar-refractivity contribution in [3.63, 3.8) is 0 Å². The Kier molecular flexibility index (Phi) is 9.11. The highest BCUT2D eigenvalue weighted by atomic mass is 16.5. The van der Waals surface area contributed by atoms with E-state index >= 15 is 0 Å². The Balaban J connectivity index is 1.08. The number of ether oxygens (including phenoxy) is 3. The topological polar surface area (TPSA) is 90.0 Å². The first-order valence-corrected chi connectivity index (χ1v) is 13.7. The van der Waals surface area contributed by atoms with E-state index in [1.165, 1.54) is 7.11 Å². The highest BCUT2D eigenvalue weighted by Crippen LogP contribution is 2.25. The first-order valence-electron chi connectivity index (χ1n) is 13.7. The Morgan fingerprint density at radius 2 is 1.56 bits per heavy atom. The van der Waals surface area contributed by atoms with E-state index in [-0.39, 0.29) is 11.9 Å². The summed E-state index contributed by atoms with van der Waals surface area (Å²) in [5, 5.41) is 2.92. The van der Waals surface area contributed by atoms with Crippen LogP contribution in [0.15, 0.2) is 97.2 Å². The number of carbonyl (C=O) groups excluding carboxylic acids is 2. The Labute approximate surface area is 239 Å². The normalized spacial score (nSPS) is 13.3. The van der Waals surface area contributed by atoms with Crippen LogP contribution in [-0.2, 0) is 11.3 Å². The van der Waals surface area contributed by atoms with Crippen LogP contribution in [0.1, 0.15) is 39.1 Å². The number of piperidine rings is 1. The minimum Gasteiger partial charge on any atom is -0.493 e. The number of hydrogen-bond donors (Lipinski definition) is 1. The van der Waals surface area contributed by atoms with Crippen molar-refractivity contribution in [1.82, 2.24) is 4.98 Å². The average Bonchev–Trinajstić information content (AvgIpc) is 3.04. The molecule has 8 heteroatoms. The van der Waals surface area contributed by atoms with Crippen molar-refractivity contribution >= 4 is 23.4 Å². The molecule has 0 aliphatic carbocycles. The van der Waals surface area contributed by atoms with E-state index in [9.17, 15) is 9.59 Å². The number of hydrogen-bond acceptors (Lipinski definition) is 7. The molecule has 1 amide bonds. The average molecular weight is 552 g/mol. The van der Waals surface area contributed by atoms with Gasteiger partial charge in [-0.2, -0.15) is 0 Å². The molecule has 1 aliphatic heterocycles. The fourth-order valence-corrected chi connectivity index (χ4v) is 4.69. The number of nitrogens with one attached hydrogen (secondary N) is 1. The maximum atomic E-state index is 12.9. The molecule has 1 N–H and O–H groups in total. The van der Waals surface area contributed by atoms with E-state index in [2.05, 4.69) is 15.2 Å². The molecule has 0 spiro atoms. The number of nitrogens with zero attached hydrogens (tertiary/aromatic N) is 2. The van der Waals surface area contributed by atoms with Crippen LogP contribution in [0.3, 0.4) is 0 Å². The molecule has 0 bridgehead atoms. The maximum Gasteiger partial charge on any atom is 0.337 e. The summed E-state index contributed by atoms with van der Waals surface area (Å²) in [6.45, 7) is 2.76. The van der Waals surface area contributed by atoms with Gasteiger partial charge in [0.05, 0.1) is 31.2 Å². The molecule has 8 nitrogen and oxygen atoms in total. The summed E-state index contributed by atoms with van der Waals surface area (Å²) < 4.78 is 16.6. The molecule has 41 heavy (non-hydrogen) atoms. The summed E-state index contributed by atoms with van der Waals surface area (Å²) in [7, 11) is 1.37. The van der Waals surface area contributed by atoms with Gasteiger partial charge < -0.3 is 24.4 Å². The number of esters is 1. The molecule has 210 valence electrons. The van der Waals surface area contributed by atoms with E-state index in [4.69, 9.17) is 14.2 Å². The van der Waals surface area contributed by atoms with E-state index in [0.717, 1.165) is 37.3 Å². The molecule has 4 aromatic rings. The first kappa shape index (κ1) is 27.7. The zero-order chi connectivity index (χ0) is 28.4. The lowest BCUT2D eigenvalue weighted by Gasteiger charge is -2.32. The highest BCUT2D eigenvalue weighted by molar-refractivity contribution is 6.04. The summed E-state index contributed by atoms with van der Waals surface area (Å²) >= 11 is 0. The van der Waals surface area contributed by atoms with E-state index in [1.807, 2.05) is 60.7 Å². The first-order chi connectivity index (χ1) is 20.1. The number of carbonyl (C=O) groups is 2. The van der Waals surface area contributed by atoms with Gasteiger partial charge in [-0.1, -0.05) is 42.5 Å². The second kappa shape index (κ2) is 13.5. The van der Waals surface area contributed by atoms with Gasteiger partial charge in [0.1, 0.15) is 23.9 Å². The van der Waals surface area contributed by atoms with Gasteiger partial charge in [-0.25, -0.2) is 9.78 Å². The molecule has 1 fully saturated rings. The third-order valence-electron chi connectivity index (χ3n) is 7.03. The van der Waals surface area contributed by atoms with Crippen LogP contribution in [-0.4, -0.2) is 43.7 Å². The number of benzene rings is 3. The molecule has 1 aromatic heterocycles. The Bertz CT molecular complexity index is 1450. The maximum absolute atomic E-state index is 12.9. The van der Waals surface area contributed by atoms with Gasteiger partial charge >= 0.3 is 5.97 Å². The number of rotatable bonds is 10. The van der Waals surface area contributed by atoms with E-state index in [0.29, 0.717) is 47.4 Å². The summed E-state index contributed by atoms with van der Waals surface area (Å²) in [6, 6.07) is 27.9. The molecule has 0 unspecified atom stereocenters. The van der Waals surface area contributed by atoms with Crippen molar-refractivity contribution < 1.29 is 23.8 Å². The highest BCUT2D eigenvalue weighted by Gasteiger charge is 2.21. The van der Waals surface area contributed by atoms with Gasteiger partial charge in [0, 0.05) is 18.7 Å². The van der Waals surface area contributed by atoms with Crippen molar-refractivity contribution in [3.05, 3.63) is 114 Å². The lowest BCUT2D eigenvalue weighted by Crippen LogP contribution is -2.36. The Morgan fingerprint density at radius 1 is 0.854 bits per heavy atom. The van der Waals surface area contributed by atoms with Gasteiger partial charge in [0.15, 0.2) is 0 Å². The number of pyridine rings is 1. The van der Waals surface area contributed by atoms with E-state index < -0.39 is 0 Å².